The van der Waals surface area contributed by atoms with E-state index in [4.69, 9.17) is 9.47 Å². The summed E-state index contributed by atoms with van der Waals surface area (Å²) >= 11 is 0. The SMILES string of the molecule is CC1Oc2cc(NC(=O)c3ccc(S(=O)(=O)N4CCOCC4)cc3)ccc2N(Cc2ccccc2)C1=O. The molecule has 37 heavy (non-hydrogen) atoms. The van der Waals surface area contributed by atoms with Gasteiger partial charge in [-0.1, -0.05) is 30.3 Å². The third-order valence-electron chi connectivity index (χ3n) is 6.33. The molecule has 2 heterocycles. The molecule has 0 bridgehead atoms. The lowest BCUT2D eigenvalue weighted by molar-refractivity contribution is -0.125. The van der Waals surface area contributed by atoms with Crippen LogP contribution in [0.3, 0.4) is 0 Å². The molecule has 0 radical (unpaired) electrons. The van der Waals surface area contributed by atoms with Crippen LogP contribution < -0.4 is 15.0 Å². The van der Waals surface area contributed by atoms with Gasteiger partial charge in [-0.3, -0.25) is 9.59 Å². The van der Waals surface area contributed by atoms with E-state index in [1.165, 1.54) is 28.6 Å². The van der Waals surface area contributed by atoms with Crippen LogP contribution in [0, 0.1) is 0 Å². The van der Waals surface area contributed by atoms with Crippen LogP contribution in [-0.4, -0.2) is 56.9 Å². The van der Waals surface area contributed by atoms with Crippen LogP contribution in [0.25, 0.3) is 0 Å². The second-order valence-corrected chi connectivity index (χ2v) is 10.8. The highest BCUT2D eigenvalue weighted by Gasteiger charge is 2.32. The number of amides is 2. The maximum atomic E-state index is 12.9. The van der Waals surface area contributed by atoms with E-state index >= 15 is 0 Å². The van der Waals surface area contributed by atoms with Crippen LogP contribution in [0.5, 0.6) is 5.75 Å². The molecule has 3 aromatic carbocycles. The summed E-state index contributed by atoms with van der Waals surface area (Å²) in [7, 11) is -3.64. The Kier molecular flexibility index (Phi) is 6.96. The number of hydrogen-bond acceptors (Lipinski definition) is 6. The van der Waals surface area contributed by atoms with Gasteiger partial charge in [-0.25, -0.2) is 8.42 Å². The standard InChI is InChI=1S/C27H27N3O6S/c1-19-27(32)30(18-20-5-3-2-4-6-20)24-12-9-22(17-25(24)36-19)28-26(31)21-7-10-23(11-8-21)37(33,34)29-13-15-35-16-14-29/h2-12,17,19H,13-16,18H2,1H3,(H,28,31). The minimum atomic E-state index is -3.64. The lowest BCUT2D eigenvalue weighted by Gasteiger charge is -2.33. The average Bonchev–Trinajstić information content (AvgIpc) is 2.92. The number of morpholine rings is 1. The number of rotatable bonds is 6. The molecular formula is C27H27N3O6S. The number of hydrogen-bond donors (Lipinski definition) is 1. The zero-order valence-corrected chi connectivity index (χ0v) is 21.1. The van der Waals surface area contributed by atoms with E-state index in [1.54, 1.807) is 30.0 Å². The van der Waals surface area contributed by atoms with Crippen LogP contribution in [-0.2, 0) is 26.1 Å². The number of benzene rings is 3. The highest BCUT2D eigenvalue weighted by Crippen LogP contribution is 2.37. The molecule has 0 aromatic heterocycles. The van der Waals surface area contributed by atoms with Crippen molar-refractivity contribution in [3.05, 3.63) is 83.9 Å². The second kappa shape index (κ2) is 10.3. The molecule has 9 nitrogen and oxygen atoms in total. The van der Waals surface area contributed by atoms with E-state index < -0.39 is 22.0 Å². The predicted octanol–water partition coefficient (Wildman–Crippen LogP) is 3.27. The van der Waals surface area contributed by atoms with Gasteiger partial charge < -0.3 is 19.7 Å². The van der Waals surface area contributed by atoms with Gasteiger partial charge in [0.15, 0.2) is 6.10 Å². The molecule has 0 saturated carbocycles. The Labute approximate surface area is 215 Å². The van der Waals surface area contributed by atoms with Crippen molar-refractivity contribution in [2.45, 2.75) is 24.5 Å². The molecule has 2 aliphatic rings. The van der Waals surface area contributed by atoms with Crippen LogP contribution in [0.15, 0.2) is 77.7 Å². The molecule has 1 saturated heterocycles. The van der Waals surface area contributed by atoms with Crippen molar-refractivity contribution in [1.82, 2.24) is 4.31 Å². The Hall–Kier alpha value is -3.73. The van der Waals surface area contributed by atoms with Crippen molar-refractivity contribution in [3.63, 3.8) is 0 Å². The Morgan fingerprint density at radius 1 is 1.00 bits per heavy atom. The summed E-state index contributed by atoms with van der Waals surface area (Å²) < 4.78 is 38.1. The van der Waals surface area contributed by atoms with Gasteiger partial charge in [-0.15, -0.1) is 0 Å². The lowest BCUT2D eigenvalue weighted by atomic mass is 10.1. The summed E-state index contributed by atoms with van der Waals surface area (Å²) in [6.07, 6.45) is -0.664. The quantitative estimate of drug-likeness (QED) is 0.534. The lowest BCUT2D eigenvalue weighted by Crippen LogP contribution is -2.44. The third kappa shape index (κ3) is 5.22. The fourth-order valence-corrected chi connectivity index (χ4v) is 5.74. The Bertz CT molecular complexity index is 1400. The first-order chi connectivity index (χ1) is 17.8. The Balaban J connectivity index is 1.31. The van der Waals surface area contributed by atoms with Crippen molar-refractivity contribution in [3.8, 4) is 5.75 Å². The molecule has 2 amide bonds. The van der Waals surface area contributed by atoms with Crippen molar-refractivity contribution in [1.29, 1.82) is 0 Å². The van der Waals surface area contributed by atoms with Crippen LogP contribution >= 0.6 is 0 Å². The fourth-order valence-electron chi connectivity index (χ4n) is 4.33. The first-order valence-corrected chi connectivity index (χ1v) is 13.4. The van der Waals surface area contributed by atoms with Crippen molar-refractivity contribution in [2.75, 3.05) is 36.5 Å². The number of nitrogens with zero attached hydrogens (tertiary/aromatic N) is 2. The molecule has 10 heteroatoms. The third-order valence-corrected chi connectivity index (χ3v) is 8.25. The van der Waals surface area contributed by atoms with E-state index in [0.29, 0.717) is 55.5 Å². The average molecular weight is 522 g/mol. The van der Waals surface area contributed by atoms with Crippen LogP contribution in [0.1, 0.15) is 22.8 Å². The minimum Gasteiger partial charge on any atom is -0.479 e. The van der Waals surface area contributed by atoms with Crippen LogP contribution in [0.4, 0.5) is 11.4 Å². The van der Waals surface area contributed by atoms with Gasteiger partial charge in [-0.2, -0.15) is 4.31 Å². The van der Waals surface area contributed by atoms with Gasteiger partial charge in [-0.05, 0) is 48.9 Å². The number of carbonyl (C=O) groups is 2. The first-order valence-electron chi connectivity index (χ1n) is 12.0. The molecule has 2 aliphatic heterocycles. The molecule has 192 valence electrons. The molecule has 1 fully saturated rings. The number of carbonyl (C=O) groups excluding carboxylic acids is 2. The molecule has 1 atom stereocenters. The van der Waals surface area contributed by atoms with E-state index in [2.05, 4.69) is 5.32 Å². The van der Waals surface area contributed by atoms with Gasteiger partial charge in [0.2, 0.25) is 10.0 Å². The van der Waals surface area contributed by atoms with E-state index in [1.807, 2.05) is 30.3 Å². The molecular weight excluding hydrogens is 494 g/mol. The van der Waals surface area contributed by atoms with Crippen molar-refractivity contribution in [2.24, 2.45) is 0 Å². The van der Waals surface area contributed by atoms with Crippen molar-refractivity contribution < 1.29 is 27.5 Å². The fraction of sp³-hybridized carbons (Fsp3) is 0.259. The van der Waals surface area contributed by atoms with Crippen LogP contribution in [0.2, 0.25) is 0 Å². The van der Waals surface area contributed by atoms with E-state index in [9.17, 15) is 18.0 Å². The highest BCUT2D eigenvalue weighted by molar-refractivity contribution is 7.89. The largest absolute Gasteiger partial charge is 0.479 e. The summed E-state index contributed by atoms with van der Waals surface area (Å²) in [6.45, 7) is 3.44. The monoisotopic (exact) mass is 521 g/mol. The zero-order valence-electron chi connectivity index (χ0n) is 20.3. The second-order valence-electron chi connectivity index (χ2n) is 8.85. The summed E-state index contributed by atoms with van der Waals surface area (Å²) in [5, 5.41) is 2.82. The number of sulfonamides is 1. The number of fused-ring (bicyclic) bond motifs is 1. The van der Waals surface area contributed by atoms with Gasteiger partial charge in [0.1, 0.15) is 5.75 Å². The number of ether oxygens (including phenoxy) is 2. The number of anilines is 2. The first kappa shape index (κ1) is 24.9. The predicted molar refractivity (Wildman–Crippen MR) is 138 cm³/mol. The highest BCUT2D eigenvalue weighted by atomic mass is 32.2. The molecule has 0 spiro atoms. The summed E-state index contributed by atoms with van der Waals surface area (Å²) in [5.74, 6) is -0.0376. The molecule has 1 unspecified atom stereocenters. The maximum Gasteiger partial charge on any atom is 0.268 e. The molecule has 1 N–H and O–H groups in total. The Morgan fingerprint density at radius 2 is 1.70 bits per heavy atom. The Morgan fingerprint density at radius 3 is 2.41 bits per heavy atom. The summed E-state index contributed by atoms with van der Waals surface area (Å²) in [6, 6.07) is 20.7. The van der Waals surface area contributed by atoms with Gasteiger partial charge in [0, 0.05) is 30.4 Å². The topological polar surface area (TPSA) is 105 Å². The summed E-state index contributed by atoms with van der Waals surface area (Å²) in [5.41, 5.74) is 2.43. The van der Waals surface area contributed by atoms with E-state index in [-0.39, 0.29) is 10.8 Å². The maximum absolute atomic E-state index is 12.9. The molecule has 3 aromatic rings. The molecule has 0 aliphatic carbocycles. The smallest absolute Gasteiger partial charge is 0.268 e. The van der Waals surface area contributed by atoms with Crippen molar-refractivity contribution >= 4 is 33.2 Å². The van der Waals surface area contributed by atoms with Gasteiger partial charge >= 0.3 is 0 Å². The van der Waals surface area contributed by atoms with Gasteiger partial charge in [0.25, 0.3) is 11.8 Å². The van der Waals surface area contributed by atoms with E-state index in [0.717, 1.165) is 5.56 Å². The zero-order chi connectivity index (χ0) is 26.0. The number of nitrogens with one attached hydrogen (secondary N) is 1. The summed E-state index contributed by atoms with van der Waals surface area (Å²) in [4.78, 5) is 27.5. The normalized spacial score (nSPS) is 18.1. The molecule has 5 rings (SSSR count). The van der Waals surface area contributed by atoms with Gasteiger partial charge in [0.05, 0.1) is 30.3 Å². The minimum absolute atomic E-state index is 0.130.